The Morgan fingerprint density at radius 1 is 1.12 bits per heavy atom. The molecule has 0 unspecified atom stereocenters. The van der Waals surface area contributed by atoms with E-state index in [9.17, 15) is 9.59 Å². The Labute approximate surface area is 143 Å². The van der Waals surface area contributed by atoms with Crippen LogP contribution < -0.4 is 14.8 Å². The van der Waals surface area contributed by atoms with Crippen molar-refractivity contribution in [2.45, 2.75) is 0 Å². The molecule has 0 fully saturated rings. The van der Waals surface area contributed by atoms with E-state index in [0.717, 1.165) is 0 Å². The topological polar surface area (TPSA) is 86.8 Å². The Kier molecular flexibility index (Phi) is 5.97. The number of aromatic nitrogens is 1. The summed E-state index contributed by atoms with van der Waals surface area (Å²) in [5.74, 6) is -0.234. The smallest absolute Gasteiger partial charge is 0.357 e. The van der Waals surface area contributed by atoms with Crippen LogP contribution in [-0.4, -0.2) is 37.7 Å². The molecule has 126 valence electrons. The molecule has 1 N–H and O–H groups in total. The molecule has 1 aromatic heterocycles. The SMILES string of the molecule is COc1ccc(NC(=O)COC(=O)c2cc(Cl)ccn2)cc1OC. The number of hydrogen-bond donors (Lipinski definition) is 1. The fraction of sp³-hybridized carbons (Fsp3) is 0.188. The maximum absolute atomic E-state index is 11.9. The molecule has 0 saturated carbocycles. The third kappa shape index (κ3) is 4.60. The highest BCUT2D eigenvalue weighted by Gasteiger charge is 2.13. The predicted octanol–water partition coefficient (Wildman–Crippen LogP) is 2.55. The van der Waals surface area contributed by atoms with Crippen molar-refractivity contribution in [3.8, 4) is 11.5 Å². The van der Waals surface area contributed by atoms with Gasteiger partial charge in [0.2, 0.25) is 0 Å². The molecule has 24 heavy (non-hydrogen) atoms. The van der Waals surface area contributed by atoms with E-state index in [1.165, 1.54) is 32.5 Å². The number of nitrogens with one attached hydrogen (secondary N) is 1. The zero-order valence-electron chi connectivity index (χ0n) is 13.0. The highest BCUT2D eigenvalue weighted by atomic mass is 35.5. The molecular weight excluding hydrogens is 336 g/mol. The Balaban J connectivity index is 1.92. The summed E-state index contributed by atoms with van der Waals surface area (Å²) in [6.45, 7) is -0.457. The number of nitrogens with zero attached hydrogens (tertiary/aromatic N) is 1. The summed E-state index contributed by atoms with van der Waals surface area (Å²) >= 11 is 5.76. The third-order valence-electron chi connectivity index (χ3n) is 2.93. The molecule has 0 aliphatic carbocycles. The molecule has 2 rings (SSSR count). The van der Waals surface area contributed by atoms with Crippen molar-refractivity contribution >= 4 is 29.2 Å². The molecule has 7 nitrogen and oxygen atoms in total. The maximum atomic E-state index is 11.9. The average Bonchev–Trinajstić information content (AvgIpc) is 2.59. The second kappa shape index (κ2) is 8.16. The van der Waals surface area contributed by atoms with Crippen LogP contribution in [0.25, 0.3) is 0 Å². The van der Waals surface area contributed by atoms with Crippen molar-refractivity contribution < 1.29 is 23.8 Å². The van der Waals surface area contributed by atoms with Gasteiger partial charge in [-0.15, -0.1) is 0 Å². The quantitative estimate of drug-likeness (QED) is 0.806. The predicted molar refractivity (Wildman–Crippen MR) is 87.7 cm³/mol. The first-order valence-corrected chi connectivity index (χ1v) is 7.22. The minimum Gasteiger partial charge on any atom is -0.493 e. The van der Waals surface area contributed by atoms with Crippen LogP contribution in [0.5, 0.6) is 11.5 Å². The lowest BCUT2D eigenvalue weighted by Crippen LogP contribution is -2.21. The molecule has 0 radical (unpaired) electrons. The summed E-state index contributed by atoms with van der Waals surface area (Å²) in [6.07, 6.45) is 1.38. The van der Waals surface area contributed by atoms with Gasteiger partial charge in [-0.3, -0.25) is 4.79 Å². The van der Waals surface area contributed by atoms with Gasteiger partial charge in [-0.1, -0.05) is 11.6 Å². The lowest BCUT2D eigenvalue weighted by atomic mass is 10.2. The van der Waals surface area contributed by atoms with Crippen LogP contribution in [0.1, 0.15) is 10.5 Å². The van der Waals surface area contributed by atoms with Crippen molar-refractivity contribution in [1.82, 2.24) is 4.98 Å². The lowest BCUT2D eigenvalue weighted by molar-refractivity contribution is -0.119. The first-order chi connectivity index (χ1) is 11.5. The average molecular weight is 351 g/mol. The van der Waals surface area contributed by atoms with E-state index >= 15 is 0 Å². The van der Waals surface area contributed by atoms with Crippen molar-refractivity contribution in [2.24, 2.45) is 0 Å². The van der Waals surface area contributed by atoms with E-state index in [0.29, 0.717) is 22.2 Å². The summed E-state index contributed by atoms with van der Waals surface area (Å²) in [5, 5.41) is 2.94. The Bertz CT molecular complexity index is 751. The summed E-state index contributed by atoms with van der Waals surface area (Å²) in [4.78, 5) is 27.5. The largest absolute Gasteiger partial charge is 0.493 e. The molecule has 8 heteroatoms. The van der Waals surface area contributed by atoms with E-state index in [2.05, 4.69) is 10.3 Å². The summed E-state index contributed by atoms with van der Waals surface area (Å²) in [5.41, 5.74) is 0.510. The van der Waals surface area contributed by atoms with Gasteiger partial charge in [0.15, 0.2) is 18.1 Å². The number of hydrogen-bond acceptors (Lipinski definition) is 6. The molecular formula is C16H15ClN2O5. The van der Waals surface area contributed by atoms with Gasteiger partial charge in [-0.25, -0.2) is 9.78 Å². The van der Waals surface area contributed by atoms with Gasteiger partial charge >= 0.3 is 5.97 Å². The van der Waals surface area contributed by atoms with E-state index in [1.54, 1.807) is 18.2 Å². The first-order valence-electron chi connectivity index (χ1n) is 6.84. The molecule has 1 aromatic carbocycles. The number of amides is 1. The van der Waals surface area contributed by atoms with E-state index in [1.807, 2.05) is 0 Å². The normalized spacial score (nSPS) is 9.96. The second-order valence-corrected chi connectivity index (χ2v) is 4.99. The van der Waals surface area contributed by atoms with Crippen LogP contribution in [0.4, 0.5) is 5.69 Å². The Morgan fingerprint density at radius 3 is 2.54 bits per heavy atom. The summed E-state index contributed by atoms with van der Waals surface area (Å²) in [6, 6.07) is 7.77. The lowest BCUT2D eigenvalue weighted by Gasteiger charge is -2.10. The van der Waals surface area contributed by atoms with Gasteiger partial charge < -0.3 is 19.5 Å². The molecule has 2 aromatic rings. The van der Waals surface area contributed by atoms with Crippen LogP contribution in [0.15, 0.2) is 36.5 Å². The fourth-order valence-electron chi connectivity index (χ4n) is 1.83. The van der Waals surface area contributed by atoms with Crippen LogP contribution in [0.2, 0.25) is 5.02 Å². The monoisotopic (exact) mass is 350 g/mol. The van der Waals surface area contributed by atoms with Crippen LogP contribution in [0, 0.1) is 0 Å². The molecule has 0 atom stereocenters. The molecule has 1 amide bonds. The summed E-state index contributed by atoms with van der Waals surface area (Å²) in [7, 11) is 3.00. The molecule has 0 aliphatic rings. The van der Waals surface area contributed by atoms with Crippen LogP contribution in [-0.2, 0) is 9.53 Å². The van der Waals surface area contributed by atoms with Gasteiger partial charge in [0.25, 0.3) is 5.91 Å². The van der Waals surface area contributed by atoms with Gasteiger partial charge in [0, 0.05) is 23.0 Å². The molecule has 0 saturated heterocycles. The minimum absolute atomic E-state index is 0.0291. The van der Waals surface area contributed by atoms with E-state index in [4.69, 9.17) is 25.8 Å². The van der Waals surface area contributed by atoms with Crippen molar-refractivity contribution in [3.05, 3.63) is 47.2 Å². The minimum atomic E-state index is -0.736. The van der Waals surface area contributed by atoms with Crippen molar-refractivity contribution in [3.63, 3.8) is 0 Å². The van der Waals surface area contributed by atoms with Gasteiger partial charge in [0.05, 0.1) is 14.2 Å². The van der Waals surface area contributed by atoms with E-state index in [-0.39, 0.29) is 5.69 Å². The highest BCUT2D eigenvalue weighted by molar-refractivity contribution is 6.30. The zero-order chi connectivity index (χ0) is 17.5. The maximum Gasteiger partial charge on any atom is 0.357 e. The number of ether oxygens (including phenoxy) is 3. The number of rotatable bonds is 6. The fourth-order valence-corrected chi connectivity index (χ4v) is 1.99. The Morgan fingerprint density at radius 2 is 1.88 bits per heavy atom. The number of halogens is 1. The number of carbonyl (C=O) groups excluding carboxylic acids is 2. The number of anilines is 1. The summed E-state index contributed by atoms with van der Waals surface area (Å²) < 4.78 is 15.1. The zero-order valence-corrected chi connectivity index (χ0v) is 13.8. The molecule has 1 heterocycles. The molecule has 0 aliphatic heterocycles. The van der Waals surface area contributed by atoms with Gasteiger partial charge in [-0.2, -0.15) is 0 Å². The van der Waals surface area contributed by atoms with E-state index < -0.39 is 18.5 Å². The number of methoxy groups -OCH3 is 2. The van der Waals surface area contributed by atoms with Crippen molar-refractivity contribution in [2.75, 3.05) is 26.1 Å². The number of esters is 1. The Hall–Kier alpha value is -2.80. The van der Waals surface area contributed by atoms with Gasteiger partial charge in [-0.05, 0) is 24.3 Å². The van der Waals surface area contributed by atoms with Crippen molar-refractivity contribution in [1.29, 1.82) is 0 Å². The molecule has 0 spiro atoms. The third-order valence-corrected chi connectivity index (χ3v) is 3.17. The van der Waals surface area contributed by atoms with Gasteiger partial charge in [0.1, 0.15) is 5.69 Å². The number of carbonyl (C=O) groups is 2. The van der Waals surface area contributed by atoms with Crippen LogP contribution >= 0.6 is 11.6 Å². The standard InChI is InChI=1S/C16H15ClN2O5/c1-22-13-4-3-11(8-14(13)23-2)19-15(20)9-24-16(21)12-7-10(17)5-6-18-12/h3-8H,9H2,1-2H3,(H,19,20). The number of pyridine rings is 1. The highest BCUT2D eigenvalue weighted by Crippen LogP contribution is 2.29. The second-order valence-electron chi connectivity index (χ2n) is 4.55. The van der Waals surface area contributed by atoms with Crippen LogP contribution in [0.3, 0.4) is 0 Å². The first kappa shape index (κ1) is 17.6. The number of benzene rings is 1. The molecule has 0 bridgehead atoms.